The first kappa shape index (κ1) is 17.5. The van der Waals surface area contributed by atoms with Gasteiger partial charge in [-0.3, -0.25) is 9.59 Å². The van der Waals surface area contributed by atoms with Crippen LogP contribution in [0, 0.1) is 5.82 Å². The first-order valence-electron chi connectivity index (χ1n) is 7.49. The molecule has 0 radical (unpaired) electrons. The van der Waals surface area contributed by atoms with E-state index in [0.29, 0.717) is 11.3 Å². The number of nitrogens with one attached hydrogen (secondary N) is 1. The Morgan fingerprint density at radius 2 is 1.62 bits per heavy atom. The normalized spacial score (nSPS) is 13.0. The summed E-state index contributed by atoms with van der Waals surface area (Å²) < 4.78 is 18.5. The van der Waals surface area contributed by atoms with Gasteiger partial charge in [0.25, 0.3) is 5.91 Å². The van der Waals surface area contributed by atoms with Gasteiger partial charge in [-0.25, -0.2) is 4.39 Å². The molecule has 0 aromatic heterocycles. The molecule has 0 spiro atoms. The molecule has 0 heterocycles. The number of hydrogen-bond donors (Lipinski definition) is 2. The van der Waals surface area contributed by atoms with Gasteiger partial charge in [0.05, 0.1) is 6.04 Å². The number of carbonyl (C=O) groups excluding carboxylic acids is 2. The topological polar surface area (TPSA) is 81.4 Å². The van der Waals surface area contributed by atoms with Crippen LogP contribution < -0.4 is 15.8 Å². The van der Waals surface area contributed by atoms with E-state index in [-0.39, 0.29) is 17.8 Å². The Bertz CT molecular complexity index is 714. The molecular formula is C18H19FN2O3. The van der Waals surface area contributed by atoms with Crippen LogP contribution in [0.2, 0.25) is 0 Å². The first-order chi connectivity index (χ1) is 11.4. The Kier molecular flexibility index (Phi) is 5.52. The summed E-state index contributed by atoms with van der Waals surface area (Å²) >= 11 is 0. The lowest BCUT2D eigenvalue weighted by atomic mass is 10.1. The summed E-state index contributed by atoms with van der Waals surface area (Å²) in [6, 6.07) is 11.9. The van der Waals surface area contributed by atoms with Crippen molar-refractivity contribution in [2.24, 2.45) is 5.73 Å². The molecule has 24 heavy (non-hydrogen) atoms. The molecule has 0 saturated heterocycles. The second-order valence-corrected chi connectivity index (χ2v) is 5.43. The van der Waals surface area contributed by atoms with Crippen molar-refractivity contribution in [3.63, 3.8) is 0 Å². The Morgan fingerprint density at radius 3 is 2.17 bits per heavy atom. The van der Waals surface area contributed by atoms with Crippen LogP contribution in [0.15, 0.2) is 48.5 Å². The summed E-state index contributed by atoms with van der Waals surface area (Å²) in [5, 5.41) is 2.80. The number of hydrogen-bond acceptors (Lipinski definition) is 3. The lowest BCUT2D eigenvalue weighted by Gasteiger charge is -2.19. The van der Waals surface area contributed by atoms with Crippen LogP contribution >= 0.6 is 0 Å². The van der Waals surface area contributed by atoms with E-state index in [9.17, 15) is 14.0 Å². The van der Waals surface area contributed by atoms with Gasteiger partial charge in [0.15, 0.2) is 6.10 Å². The maximum absolute atomic E-state index is 12.9. The molecular weight excluding hydrogens is 311 g/mol. The van der Waals surface area contributed by atoms with E-state index in [1.54, 1.807) is 38.1 Å². The highest BCUT2D eigenvalue weighted by atomic mass is 19.1. The molecule has 2 rings (SSSR count). The van der Waals surface area contributed by atoms with E-state index < -0.39 is 12.0 Å². The van der Waals surface area contributed by atoms with Crippen molar-refractivity contribution in [3.05, 3.63) is 65.5 Å². The van der Waals surface area contributed by atoms with Crippen LogP contribution in [-0.4, -0.2) is 17.9 Å². The van der Waals surface area contributed by atoms with Crippen molar-refractivity contribution in [2.75, 3.05) is 0 Å². The lowest BCUT2D eigenvalue weighted by molar-refractivity contribution is -0.127. The van der Waals surface area contributed by atoms with Gasteiger partial charge < -0.3 is 15.8 Å². The maximum Gasteiger partial charge on any atom is 0.261 e. The molecule has 2 aromatic carbocycles. The quantitative estimate of drug-likeness (QED) is 0.854. The zero-order valence-corrected chi connectivity index (χ0v) is 13.5. The fraction of sp³-hybridized carbons (Fsp3) is 0.222. The third-order valence-corrected chi connectivity index (χ3v) is 3.55. The number of amides is 2. The van der Waals surface area contributed by atoms with Crippen LogP contribution in [0.3, 0.4) is 0 Å². The van der Waals surface area contributed by atoms with E-state index in [0.717, 1.165) is 5.56 Å². The Balaban J connectivity index is 1.93. The smallest absolute Gasteiger partial charge is 0.261 e. The highest BCUT2D eigenvalue weighted by Gasteiger charge is 2.18. The summed E-state index contributed by atoms with van der Waals surface area (Å²) in [4.78, 5) is 23.2. The van der Waals surface area contributed by atoms with Gasteiger partial charge in [0.1, 0.15) is 11.6 Å². The molecule has 6 heteroatoms. The monoisotopic (exact) mass is 330 g/mol. The van der Waals surface area contributed by atoms with Gasteiger partial charge in [0.2, 0.25) is 5.91 Å². The minimum atomic E-state index is -0.729. The average molecular weight is 330 g/mol. The molecule has 2 atom stereocenters. The zero-order chi connectivity index (χ0) is 17.7. The molecule has 0 aliphatic rings. The molecule has 0 fully saturated rings. The predicted octanol–water partition coefficient (Wildman–Crippen LogP) is 2.57. The number of halogens is 1. The van der Waals surface area contributed by atoms with Crippen molar-refractivity contribution in [3.8, 4) is 5.75 Å². The first-order valence-corrected chi connectivity index (χ1v) is 7.49. The van der Waals surface area contributed by atoms with Crippen LogP contribution in [0.5, 0.6) is 5.75 Å². The lowest BCUT2D eigenvalue weighted by Crippen LogP contribution is -2.37. The minimum absolute atomic E-state index is 0.276. The molecule has 5 nitrogen and oxygen atoms in total. The number of primary amides is 1. The van der Waals surface area contributed by atoms with Crippen molar-refractivity contribution in [2.45, 2.75) is 26.0 Å². The van der Waals surface area contributed by atoms with Crippen molar-refractivity contribution in [1.82, 2.24) is 5.32 Å². The highest BCUT2D eigenvalue weighted by molar-refractivity contribution is 5.92. The SMILES string of the molecule is CC(Oc1ccc(C(N)=O)cc1)C(=O)NC(C)c1ccc(F)cc1. The maximum atomic E-state index is 12.9. The molecule has 3 N–H and O–H groups in total. The summed E-state index contributed by atoms with van der Waals surface area (Å²) in [7, 11) is 0. The fourth-order valence-electron chi connectivity index (χ4n) is 2.12. The third-order valence-electron chi connectivity index (χ3n) is 3.55. The average Bonchev–Trinajstić information content (AvgIpc) is 2.55. The summed E-state index contributed by atoms with van der Waals surface area (Å²) in [5.74, 6) is -0.697. The molecule has 0 saturated carbocycles. The van der Waals surface area contributed by atoms with Crippen LogP contribution in [0.25, 0.3) is 0 Å². The number of ether oxygens (including phenoxy) is 1. The van der Waals surface area contributed by atoms with E-state index in [1.807, 2.05) is 0 Å². The van der Waals surface area contributed by atoms with Gasteiger partial charge in [-0.15, -0.1) is 0 Å². The van der Waals surface area contributed by atoms with E-state index in [2.05, 4.69) is 5.32 Å². The molecule has 0 bridgehead atoms. The van der Waals surface area contributed by atoms with Crippen molar-refractivity contribution >= 4 is 11.8 Å². The van der Waals surface area contributed by atoms with E-state index in [1.165, 1.54) is 24.3 Å². The molecule has 2 unspecified atom stereocenters. The summed E-state index contributed by atoms with van der Waals surface area (Å²) in [6.45, 7) is 3.42. The molecule has 0 aliphatic heterocycles. The number of rotatable bonds is 6. The second-order valence-electron chi connectivity index (χ2n) is 5.43. The Hall–Kier alpha value is -2.89. The van der Waals surface area contributed by atoms with Gasteiger partial charge >= 0.3 is 0 Å². The van der Waals surface area contributed by atoms with E-state index in [4.69, 9.17) is 10.5 Å². The van der Waals surface area contributed by atoms with Crippen LogP contribution in [0.4, 0.5) is 4.39 Å². The standard InChI is InChI=1S/C18H19FN2O3/c1-11(13-3-7-15(19)8-4-13)21-18(23)12(2)24-16-9-5-14(6-10-16)17(20)22/h3-12H,1-2H3,(H2,20,22)(H,21,23). The van der Waals surface area contributed by atoms with E-state index >= 15 is 0 Å². The fourth-order valence-corrected chi connectivity index (χ4v) is 2.12. The molecule has 0 aliphatic carbocycles. The Morgan fingerprint density at radius 1 is 1.04 bits per heavy atom. The van der Waals surface area contributed by atoms with Gasteiger partial charge in [0, 0.05) is 5.56 Å². The number of nitrogens with two attached hydrogens (primary N) is 1. The third kappa shape index (κ3) is 4.55. The highest BCUT2D eigenvalue weighted by Crippen LogP contribution is 2.16. The molecule has 126 valence electrons. The summed E-state index contributed by atoms with van der Waals surface area (Å²) in [6.07, 6.45) is -0.729. The Labute approximate surface area is 139 Å². The largest absolute Gasteiger partial charge is 0.481 e. The summed E-state index contributed by atoms with van der Waals surface area (Å²) in [5.41, 5.74) is 6.32. The molecule has 2 aromatic rings. The van der Waals surface area contributed by atoms with Gasteiger partial charge in [-0.05, 0) is 55.8 Å². The van der Waals surface area contributed by atoms with Crippen molar-refractivity contribution in [1.29, 1.82) is 0 Å². The zero-order valence-electron chi connectivity index (χ0n) is 13.5. The predicted molar refractivity (Wildman–Crippen MR) is 88.0 cm³/mol. The van der Waals surface area contributed by atoms with Crippen molar-refractivity contribution < 1.29 is 18.7 Å². The van der Waals surface area contributed by atoms with Crippen LogP contribution in [-0.2, 0) is 4.79 Å². The van der Waals surface area contributed by atoms with Crippen LogP contribution in [0.1, 0.15) is 35.8 Å². The second kappa shape index (κ2) is 7.59. The van der Waals surface area contributed by atoms with Gasteiger partial charge in [-0.1, -0.05) is 12.1 Å². The minimum Gasteiger partial charge on any atom is -0.481 e. The van der Waals surface area contributed by atoms with Gasteiger partial charge in [-0.2, -0.15) is 0 Å². The molecule has 2 amide bonds. The number of carbonyl (C=O) groups is 2. The number of benzene rings is 2.